The van der Waals surface area contributed by atoms with Crippen LogP contribution in [0.4, 0.5) is 0 Å². The molecule has 0 radical (unpaired) electrons. The van der Waals surface area contributed by atoms with Crippen LogP contribution in [0.15, 0.2) is 60.7 Å². The van der Waals surface area contributed by atoms with Crippen molar-refractivity contribution < 1.29 is 9.31 Å². The maximum atomic E-state index is 8.95. The van der Waals surface area contributed by atoms with E-state index in [0.717, 1.165) is 27.4 Å². The van der Waals surface area contributed by atoms with Crippen LogP contribution in [0.2, 0.25) is 0 Å². The monoisotopic (exact) mass is 355 g/mol. The van der Waals surface area contributed by atoms with Crippen molar-refractivity contribution in [3.8, 4) is 17.2 Å². The van der Waals surface area contributed by atoms with E-state index in [2.05, 4.69) is 70.2 Å². The predicted molar refractivity (Wildman–Crippen MR) is 110 cm³/mol. The van der Waals surface area contributed by atoms with Gasteiger partial charge < -0.3 is 9.31 Å². The second kappa shape index (κ2) is 6.23. The van der Waals surface area contributed by atoms with Gasteiger partial charge in [0.2, 0.25) is 0 Å². The molecule has 1 saturated heterocycles. The van der Waals surface area contributed by atoms with Crippen LogP contribution in [-0.4, -0.2) is 18.3 Å². The highest BCUT2D eigenvalue weighted by molar-refractivity contribution is 6.62. The van der Waals surface area contributed by atoms with E-state index in [1.165, 1.54) is 0 Å². The van der Waals surface area contributed by atoms with Crippen LogP contribution < -0.4 is 5.46 Å². The lowest BCUT2D eigenvalue weighted by Gasteiger charge is -2.32. The molecule has 0 aromatic heterocycles. The van der Waals surface area contributed by atoms with Crippen molar-refractivity contribution in [3.63, 3.8) is 0 Å². The molecule has 3 nitrogen and oxygen atoms in total. The summed E-state index contributed by atoms with van der Waals surface area (Å²) in [6.45, 7) is 8.27. The van der Waals surface area contributed by atoms with Gasteiger partial charge in [-0.15, -0.1) is 0 Å². The minimum absolute atomic E-state index is 0.341. The zero-order chi connectivity index (χ0) is 19.2. The van der Waals surface area contributed by atoms with E-state index in [1.54, 1.807) is 0 Å². The Morgan fingerprint density at radius 3 is 1.93 bits per heavy atom. The standard InChI is InChI=1S/C23H22BNO2/c1-22(2)23(3,4)27-24(26-22)21-12-11-19-13-18(9-10-20(19)14-21)17-7-5-16(15-25)6-8-17/h5-14H,1-4H3. The second-order valence-electron chi connectivity index (χ2n) is 8.10. The molecular weight excluding hydrogens is 333 g/mol. The highest BCUT2D eigenvalue weighted by atomic mass is 16.7. The van der Waals surface area contributed by atoms with E-state index in [1.807, 2.05) is 24.3 Å². The van der Waals surface area contributed by atoms with E-state index in [4.69, 9.17) is 14.6 Å². The Balaban J connectivity index is 1.66. The number of nitriles is 1. The summed E-state index contributed by atoms with van der Waals surface area (Å²) in [7, 11) is -0.349. The van der Waals surface area contributed by atoms with Crippen LogP contribution in [0, 0.1) is 11.3 Å². The van der Waals surface area contributed by atoms with Crippen LogP contribution in [0.25, 0.3) is 21.9 Å². The normalized spacial score (nSPS) is 17.8. The van der Waals surface area contributed by atoms with E-state index < -0.39 is 0 Å². The lowest BCUT2D eigenvalue weighted by molar-refractivity contribution is 0.00578. The van der Waals surface area contributed by atoms with Crippen LogP contribution >= 0.6 is 0 Å². The molecular formula is C23H22BNO2. The van der Waals surface area contributed by atoms with E-state index in [-0.39, 0.29) is 18.3 Å². The molecule has 1 aliphatic heterocycles. The van der Waals surface area contributed by atoms with Gasteiger partial charge in [0.25, 0.3) is 0 Å². The molecule has 0 atom stereocenters. The van der Waals surface area contributed by atoms with E-state index in [9.17, 15) is 0 Å². The molecule has 27 heavy (non-hydrogen) atoms. The fourth-order valence-electron chi connectivity index (χ4n) is 3.31. The Bertz CT molecular complexity index is 1030. The van der Waals surface area contributed by atoms with Gasteiger partial charge in [0.15, 0.2) is 0 Å². The van der Waals surface area contributed by atoms with Crippen LogP contribution in [0.3, 0.4) is 0 Å². The first kappa shape index (κ1) is 17.8. The van der Waals surface area contributed by atoms with Crippen LogP contribution in [0.1, 0.15) is 33.3 Å². The molecule has 4 rings (SSSR count). The molecule has 0 amide bonds. The van der Waals surface area contributed by atoms with E-state index >= 15 is 0 Å². The summed E-state index contributed by atoms with van der Waals surface area (Å²) in [4.78, 5) is 0. The molecule has 0 saturated carbocycles. The summed E-state index contributed by atoms with van der Waals surface area (Å²) in [6, 6.07) is 22.6. The van der Waals surface area contributed by atoms with Gasteiger partial charge in [0, 0.05) is 0 Å². The summed E-state index contributed by atoms with van der Waals surface area (Å²) in [6.07, 6.45) is 0. The van der Waals surface area contributed by atoms with Crippen molar-refractivity contribution in [1.29, 1.82) is 5.26 Å². The lowest BCUT2D eigenvalue weighted by Crippen LogP contribution is -2.41. The summed E-state index contributed by atoms with van der Waals surface area (Å²) in [5.74, 6) is 0. The number of fused-ring (bicyclic) bond motifs is 1. The molecule has 0 bridgehead atoms. The fourth-order valence-corrected chi connectivity index (χ4v) is 3.31. The molecule has 0 N–H and O–H groups in total. The fraction of sp³-hybridized carbons (Fsp3) is 0.261. The van der Waals surface area contributed by atoms with Crippen LogP contribution in [-0.2, 0) is 9.31 Å². The molecule has 0 unspecified atom stereocenters. The number of benzene rings is 3. The van der Waals surface area contributed by atoms with Gasteiger partial charge in [-0.3, -0.25) is 0 Å². The van der Waals surface area contributed by atoms with Gasteiger partial charge in [-0.2, -0.15) is 5.26 Å². The average molecular weight is 355 g/mol. The Kier molecular flexibility index (Phi) is 4.11. The smallest absolute Gasteiger partial charge is 0.399 e. The van der Waals surface area contributed by atoms with Crippen molar-refractivity contribution in [2.75, 3.05) is 0 Å². The lowest BCUT2D eigenvalue weighted by atomic mass is 9.78. The Hall–Kier alpha value is -2.61. The van der Waals surface area contributed by atoms with E-state index in [0.29, 0.717) is 5.56 Å². The Morgan fingerprint density at radius 2 is 1.30 bits per heavy atom. The third kappa shape index (κ3) is 3.14. The number of hydrogen-bond acceptors (Lipinski definition) is 3. The second-order valence-corrected chi connectivity index (χ2v) is 8.10. The Morgan fingerprint density at radius 1 is 0.741 bits per heavy atom. The molecule has 3 aromatic carbocycles. The molecule has 1 heterocycles. The van der Waals surface area contributed by atoms with Gasteiger partial charge in [-0.1, -0.05) is 42.5 Å². The molecule has 1 aliphatic rings. The van der Waals surface area contributed by atoms with Crippen LogP contribution in [0.5, 0.6) is 0 Å². The summed E-state index contributed by atoms with van der Waals surface area (Å²) in [5, 5.41) is 11.3. The van der Waals surface area contributed by atoms with Crippen molar-refractivity contribution >= 4 is 23.4 Å². The Labute approximate surface area is 160 Å². The van der Waals surface area contributed by atoms with Crippen molar-refractivity contribution in [2.24, 2.45) is 0 Å². The molecule has 1 fully saturated rings. The number of rotatable bonds is 2. The molecule has 4 heteroatoms. The van der Waals surface area contributed by atoms with Gasteiger partial charge in [-0.25, -0.2) is 0 Å². The zero-order valence-corrected chi connectivity index (χ0v) is 16.1. The maximum Gasteiger partial charge on any atom is 0.494 e. The maximum absolute atomic E-state index is 8.95. The first-order valence-corrected chi connectivity index (χ1v) is 9.19. The van der Waals surface area contributed by atoms with Gasteiger partial charge >= 0.3 is 7.12 Å². The molecule has 0 spiro atoms. The van der Waals surface area contributed by atoms with Crippen molar-refractivity contribution in [3.05, 3.63) is 66.2 Å². The number of hydrogen-bond donors (Lipinski definition) is 0. The first-order chi connectivity index (χ1) is 12.8. The summed E-state index contributed by atoms with van der Waals surface area (Å²) >= 11 is 0. The SMILES string of the molecule is CC1(C)OB(c2ccc3cc(-c4ccc(C#N)cc4)ccc3c2)OC1(C)C. The third-order valence-electron chi connectivity index (χ3n) is 5.74. The van der Waals surface area contributed by atoms with Crippen molar-refractivity contribution in [2.45, 2.75) is 38.9 Å². The minimum Gasteiger partial charge on any atom is -0.399 e. The molecule has 0 aliphatic carbocycles. The van der Waals surface area contributed by atoms with Gasteiger partial charge in [-0.05, 0) is 73.3 Å². The topological polar surface area (TPSA) is 42.2 Å². The molecule has 134 valence electrons. The average Bonchev–Trinajstić information content (AvgIpc) is 2.88. The highest BCUT2D eigenvalue weighted by Crippen LogP contribution is 2.36. The highest BCUT2D eigenvalue weighted by Gasteiger charge is 2.51. The minimum atomic E-state index is -0.349. The quantitative estimate of drug-likeness (QED) is 0.627. The molecule has 3 aromatic rings. The largest absolute Gasteiger partial charge is 0.494 e. The summed E-state index contributed by atoms with van der Waals surface area (Å²) in [5.41, 5.74) is 3.26. The van der Waals surface area contributed by atoms with Gasteiger partial charge in [0.1, 0.15) is 0 Å². The third-order valence-corrected chi connectivity index (χ3v) is 5.74. The predicted octanol–water partition coefficient (Wildman–Crippen LogP) is 4.68. The zero-order valence-electron chi connectivity index (χ0n) is 16.1. The van der Waals surface area contributed by atoms with Gasteiger partial charge in [0.05, 0.1) is 22.8 Å². The number of nitrogens with zero attached hydrogens (tertiary/aromatic N) is 1. The summed E-state index contributed by atoms with van der Waals surface area (Å²) < 4.78 is 12.3. The van der Waals surface area contributed by atoms with Crippen molar-refractivity contribution in [1.82, 2.24) is 0 Å². The first-order valence-electron chi connectivity index (χ1n) is 9.19.